The van der Waals surface area contributed by atoms with Gasteiger partial charge < -0.3 is 25.5 Å². The number of imidazole rings is 1. The lowest BCUT2D eigenvalue weighted by Crippen LogP contribution is -2.34. The molecule has 3 rings (SSSR count). The van der Waals surface area contributed by atoms with E-state index in [1.165, 1.54) is 6.34 Å². The van der Waals surface area contributed by atoms with E-state index < -0.39 is 12.0 Å². The van der Waals surface area contributed by atoms with Gasteiger partial charge in [0.05, 0.1) is 18.4 Å². The van der Waals surface area contributed by atoms with E-state index in [9.17, 15) is 4.79 Å². The average Bonchev–Trinajstić information content (AvgIpc) is 3.03. The Labute approximate surface area is 182 Å². The smallest absolute Gasteiger partial charge is 0.258 e. The maximum atomic E-state index is 11.8. The first kappa shape index (κ1) is 22.3. The number of carbonyl (C=O) groups is 1. The number of aliphatic imine (C=N–C) groups is 2. The molecular formula is C22H30N6O3. The van der Waals surface area contributed by atoms with E-state index in [4.69, 9.17) is 25.9 Å². The third-order valence-corrected chi connectivity index (χ3v) is 4.65. The molecule has 0 aliphatic carbocycles. The van der Waals surface area contributed by atoms with Crippen LogP contribution in [0.1, 0.15) is 39.8 Å². The Kier molecular flexibility index (Phi) is 6.94. The molecule has 1 unspecified atom stereocenters. The highest BCUT2D eigenvalue weighted by Gasteiger charge is 2.23. The van der Waals surface area contributed by atoms with Crippen LogP contribution in [0.4, 0.5) is 0 Å². The fourth-order valence-electron chi connectivity index (χ4n) is 3.34. The van der Waals surface area contributed by atoms with E-state index in [2.05, 4.69) is 9.98 Å². The Bertz CT molecular complexity index is 993. The van der Waals surface area contributed by atoms with Crippen molar-refractivity contribution in [2.75, 3.05) is 6.61 Å². The van der Waals surface area contributed by atoms with Gasteiger partial charge >= 0.3 is 0 Å². The molecule has 1 aliphatic heterocycles. The molecule has 1 aromatic carbocycles. The summed E-state index contributed by atoms with van der Waals surface area (Å²) in [5.41, 5.74) is 12.5. The van der Waals surface area contributed by atoms with Crippen molar-refractivity contribution in [2.45, 2.75) is 52.8 Å². The summed E-state index contributed by atoms with van der Waals surface area (Å²) >= 11 is 0. The van der Waals surface area contributed by atoms with E-state index in [-0.39, 0.29) is 12.0 Å². The largest absolute Gasteiger partial charge is 0.491 e. The summed E-state index contributed by atoms with van der Waals surface area (Å²) in [4.78, 5) is 25.2. The Morgan fingerprint density at radius 1 is 1.35 bits per heavy atom. The summed E-state index contributed by atoms with van der Waals surface area (Å²) in [6.45, 7) is 9.05. The molecule has 2 aromatic rings. The molecule has 2 heterocycles. The SMILES string of the molecule is CC(C)CC(Oc1ccc2c(c1)OCCn1cc(C(N=CN)=NC(C)C)nc1-2)C(N)=O. The van der Waals surface area contributed by atoms with Gasteiger partial charge in [0, 0.05) is 18.3 Å². The second-order valence-electron chi connectivity index (χ2n) is 8.11. The second kappa shape index (κ2) is 9.63. The zero-order valence-electron chi connectivity index (χ0n) is 18.4. The molecular weight excluding hydrogens is 396 g/mol. The molecule has 0 spiro atoms. The fourth-order valence-corrected chi connectivity index (χ4v) is 3.34. The molecule has 166 valence electrons. The van der Waals surface area contributed by atoms with Gasteiger partial charge in [-0.05, 0) is 38.3 Å². The molecule has 1 aliphatic rings. The number of rotatable bonds is 7. The predicted molar refractivity (Wildman–Crippen MR) is 121 cm³/mol. The van der Waals surface area contributed by atoms with Crippen molar-refractivity contribution in [1.82, 2.24) is 9.55 Å². The summed E-state index contributed by atoms with van der Waals surface area (Å²) in [7, 11) is 0. The second-order valence-corrected chi connectivity index (χ2v) is 8.11. The summed E-state index contributed by atoms with van der Waals surface area (Å²) in [5.74, 6) is 2.18. The van der Waals surface area contributed by atoms with Crippen molar-refractivity contribution in [3.63, 3.8) is 0 Å². The minimum Gasteiger partial charge on any atom is -0.491 e. The van der Waals surface area contributed by atoms with Gasteiger partial charge in [-0.2, -0.15) is 0 Å². The van der Waals surface area contributed by atoms with Crippen LogP contribution in [0.2, 0.25) is 0 Å². The van der Waals surface area contributed by atoms with E-state index >= 15 is 0 Å². The molecule has 1 atom stereocenters. The number of hydrogen-bond acceptors (Lipinski definition) is 5. The highest BCUT2D eigenvalue weighted by Crippen LogP contribution is 2.35. The normalized spacial score (nSPS) is 14.8. The van der Waals surface area contributed by atoms with E-state index in [1.807, 2.05) is 44.5 Å². The number of primary amides is 1. The molecule has 31 heavy (non-hydrogen) atoms. The van der Waals surface area contributed by atoms with Crippen molar-refractivity contribution < 1.29 is 14.3 Å². The zero-order chi connectivity index (χ0) is 22.5. The van der Waals surface area contributed by atoms with Crippen LogP contribution in [-0.2, 0) is 11.3 Å². The van der Waals surface area contributed by atoms with Crippen molar-refractivity contribution in [3.05, 3.63) is 30.1 Å². The Balaban J connectivity index is 1.95. The molecule has 0 radical (unpaired) electrons. The van der Waals surface area contributed by atoms with Crippen LogP contribution in [0.3, 0.4) is 0 Å². The first-order chi connectivity index (χ1) is 14.8. The number of benzene rings is 1. The number of aromatic nitrogens is 2. The van der Waals surface area contributed by atoms with Gasteiger partial charge in [0.2, 0.25) is 0 Å². The third-order valence-electron chi connectivity index (χ3n) is 4.65. The first-order valence-corrected chi connectivity index (χ1v) is 10.4. The van der Waals surface area contributed by atoms with E-state index in [0.717, 1.165) is 11.4 Å². The third kappa shape index (κ3) is 5.42. The van der Waals surface area contributed by atoms with Gasteiger partial charge in [-0.25, -0.2) is 9.98 Å². The van der Waals surface area contributed by atoms with Gasteiger partial charge in [0.15, 0.2) is 11.9 Å². The number of ether oxygens (including phenoxy) is 2. The highest BCUT2D eigenvalue weighted by molar-refractivity contribution is 6.01. The number of amides is 1. The number of nitrogens with zero attached hydrogens (tertiary/aromatic N) is 4. The van der Waals surface area contributed by atoms with Crippen LogP contribution in [-0.4, -0.2) is 46.4 Å². The van der Waals surface area contributed by atoms with Crippen LogP contribution in [0.25, 0.3) is 11.4 Å². The van der Waals surface area contributed by atoms with E-state index in [1.54, 1.807) is 12.1 Å². The van der Waals surface area contributed by atoms with Crippen LogP contribution in [0.15, 0.2) is 34.4 Å². The number of nitrogens with two attached hydrogens (primary N) is 2. The topological polar surface area (TPSA) is 130 Å². The highest BCUT2D eigenvalue weighted by atomic mass is 16.5. The molecule has 1 aromatic heterocycles. The standard InChI is InChI=1S/C22H30N6O3/c1-13(2)9-19(20(24)29)31-15-5-6-16-18(10-15)30-8-7-28-11-17(27-22(16)28)21(25-12-23)26-14(3)4/h5-6,10-14,19H,7-9H2,1-4H3,(H2,24,29)(H2,23,25,26). The van der Waals surface area contributed by atoms with Crippen LogP contribution in [0.5, 0.6) is 11.5 Å². The van der Waals surface area contributed by atoms with Crippen LogP contribution < -0.4 is 20.9 Å². The lowest BCUT2D eigenvalue weighted by molar-refractivity contribution is -0.125. The lowest BCUT2D eigenvalue weighted by Gasteiger charge is -2.18. The lowest BCUT2D eigenvalue weighted by atomic mass is 10.1. The maximum Gasteiger partial charge on any atom is 0.258 e. The summed E-state index contributed by atoms with van der Waals surface area (Å²) in [5, 5.41) is 0. The van der Waals surface area contributed by atoms with Gasteiger partial charge in [-0.1, -0.05) is 13.8 Å². The summed E-state index contributed by atoms with van der Waals surface area (Å²) < 4.78 is 13.8. The molecule has 0 bridgehead atoms. The first-order valence-electron chi connectivity index (χ1n) is 10.4. The van der Waals surface area contributed by atoms with Crippen LogP contribution in [0, 0.1) is 5.92 Å². The number of carbonyl (C=O) groups excluding carboxylic acids is 1. The van der Waals surface area contributed by atoms with Crippen molar-refractivity contribution in [1.29, 1.82) is 0 Å². The molecule has 9 heteroatoms. The van der Waals surface area contributed by atoms with Gasteiger partial charge in [-0.15, -0.1) is 0 Å². The molecule has 4 N–H and O–H groups in total. The van der Waals surface area contributed by atoms with Crippen LogP contribution >= 0.6 is 0 Å². The number of hydrogen-bond donors (Lipinski definition) is 2. The van der Waals surface area contributed by atoms with Crippen molar-refractivity contribution >= 4 is 18.1 Å². The average molecular weight is 427 g/mol. The Morgan fingerprint density at radius 3 is 2.77 bits per heavy atom. The summed E-state index contributed by atoms with van der Waals surface area (Å²) in [6, 6.07) is 5.50. The van der Waals surface area contributed by atoms with Gasteiger partial charge in [-0.3, -0.25) is 9.79 Å². The van der Waals surface area contributed by atoms with Gasteiger partial charge in [0.25, 0.3) is 5.91 Å². The van der Waals surface area contributed by atoms with Gasteiger partial charge in [0.1, 0.15) is 29.6 Å². The Hall–Kier alpha value is -3.36. The minimum atomic E-state index is -0.693. The summed E-state index contributed by atoms with van der Waals surface area (Å²) in [6.07, 6.45) is 2.97. The van der Waals surface area contributed by atoms with Crippen molar-refractivity contribution in [3.8, 4) is 22.9 Å². The Morgan fingerprint density at radius 2 is 2.13 bits per heavy atom. The number of fused-ring (bicyclic) bond motifs is 3. The van der Waals surface area contributed by atoms with E-state index in [0.29, 0.717) is 42.6 Å². The molecule has 0 fully saturated rings. The molecule has 0 saturated heterocycles. The minimum absolute atomic E-state index is 0.0552. The molecule has 9 nitrogen and oxygen atoms in total. The molecule has 1 amide bonds. The predicted octanol–water partition coefficient (Wildman–Crippen LogP) is 2.36. The monoisotopic (exact) mass is 426 g/mol. The fraction of sp³-hybridized carbons (Fsp3) is 0.455. The quantitative estimate of drug-likeness (QED) is 0.518. The van der Waals surface area contributed by atoms with Crippen molar-refractivity contribution in [2.24, 2.45) is 27.4 Å². The number of amidine groups is 1. The zero-order valence-corrected chi connectivity index (χ0v) is 18.4. The maximum absolute atomic E-state index is 11.8. The molecule has 0 saturated carbocycles.